The molecule has 0 fully saturated rings. The van der Waals surface area contributed by atoms with Crippen molar-refractivity contribution < 1.29 is 9.47 Å². The van der Waals surface area contributed by atoms with Crippen molar-refractivity contribution >= 4 is 0 Å². The number of hydrogen-bond donors (Lipinski definition) is 1. The van der Waals surface area contributed by atoms with E-state index in [1.807, 2.05) is 48.5 Å². The van der Waals surface area contributed by atoms with Crippen LogP contribution in [-0.4, -0.2) is 29.4 Å². The van der Waals surface area contributed by atoms with Crippen LogP contribution in [0.1, 0.15) is 0 Å². The Hall–Kier alpha value is -3.15. The lowest BCUT2D eigenvalue weighted by Gasteiger charge is -2.08. The van der Waals surface area contributed by atoms with Gasteiger partial charge in [-0.05, 0) is 48.5 Å². The lowest BCUT2D eigenvalue weighted by atomic mass is 10.0. The summed E-state index contributed by atoms with van der Waals surface area (Å²) >= 11 is 0. The molecule has 3 aromatic rings. The minimum Gasteiger partial charge on any atom is -0.497 e. The Morgan fingerprint density at radius 3 is 1.74 bits per heavy atom. The Balaban J connectivity index is 2.11. The third-order valence-electron chi connectivity index (χ3n) is 3.43. The summed E-state index contributed by atoms with van der Waals surface area (Å²) < 4.78 is 10.3. The van der Waals surface area contributed by atoms with Gasteiger partial charge in [-0.3, -0.25) is 0 Å². The van der Waals surface area contributed by atoms with Crippen LogP contribution in [0.5, 0.6) is 11.5 Å². The van der Waals surface area contributed by atoms with Crippen LogP contribution >= 0.6 is 0 Å². The Morgan fingerprint density at radius 1 is 0.783 bits per heavy atom. The fraction of sp³-hybridized carbons (Fsp3) is 0.118. The number of aromatic nitrogens is 3. The lowest BCUT2D eigenvalue weighted by Crippen LogP contribution is -2.14. The minimum atomic E-state index is -0.493. The summed E-state index contributed by atoms with van der Waals surface area (Å²) in [5.74, 6) is 1.48. The van der Waals surface area contributed by atoms with E-state index in [1.165, 1.54) is 0 Å². The average Bonchev–Trinajstić information content (AvgIpc) is 2.62. The normalized spacial score (nSPS) is 10.3. The van der Waals surface area contributed by atoms with Crippen LogP contribution in [0.25, 0.3) is 22.5 Å². The molecular weight excluding hydrogens is 294 g/mol. The molecule has 1 aromatic heterocycles. The van der Waals surface area contributed by atoms with Crippen molar-refractivity contribution in [1.29, 1.82) is 0 Å². The van der Waals surface area contributed by atoms with Crippen molar-refractivity contribution in [2.75, 3.05) is 14.2 Å². The van der Waals surface area contributed by atoms with E-state index < -0.39 is 5.69 Å². The highest BCUT2D eigenvalue weighted by atomic mass is 16.5. The molecule has 0 aliphatic rings. The Kier molecular flexibility index (Phi) is 4.05. The molecule has 23 heavy (non-hydrogen) atoms. The van der Waals surface area contributed by atoms with Crippen molar-refractivity contribution in [2.45, 2.75) is 0 Å². The van der Waals surface area contributed by atoms with E-state index in [2.05, 4.69) is 15.2 Å². The predicted octanol–water partition coefficient (Wildman–Crippen LogP) is 2.52. The number of rotatable bonds is 4. The molecule has 0 amide bonds. The van der Waals surface area contributed by atoms with Crippen LogP contribution in [0, 0.1) is 0 Å². The van der Waals surface area contributed by atoms with Gasteiger partial charge in [-0.15, -0.1) is 0 Å². The number of H-pyrrole nitrogens is 1. The molecule has 0 spiro atoms. The summed E-state index contributed by atoms with van der Waals surface area (Å²) in [5, 5.41) is 6.54. The smallest absolute Gasteiger partial charge is 0.361 e. The van der Waals surface area contributed by atoms with E-state index in [0.29, 0.717) is 11.4 Å². The first-order chi connectivity index (χ1) is 11.2. The number of ether oxygens (including phenoxy) is 2. The number of aromatic amines is 1. The van der Waals surface area contributed by atoms with Crippen LogP contribution < -0.4 is 15.2 Å². The summed E-state index contributed by atoms with van der Waals surface area (Å²) in [7, 11) is 3.21. The van der Waals surface area contributed by atoms with E-state index in [1.54, 1.807) is 14.2 Å². The topological polar surface area (TPSA) is 77.1 Å². The van der Waals surface area contributed by atoms with Crippen molar-refractivity contribution in [2.24, 2.45) is 0 Å². The summed E-state index contributed by atoms with van der Waals surface area (Å²) in [6, 6.07) is 14.7. The van der Waals surface area contributed by atoms with Gasteiger partial charge in [0.15, 0.2) is 0 Å². The monoisotopic (exact) mass is 309 g/mol. The van der Waals surface area contributed by atoms with Crippen molar-refractivity contribution in [3.8, 4) is 34.0 Å². The molecule has 0 unspecified atom stereocenters. The van der Waals surface area contributed by atoms with Crippen LogP contribution in [-0.2, 0) is 0 Å². The Bertz CT molecular complexity index is 856. The maximum atomic E-state index is 11.6. The Morgan fingerprint density at radius 2 is 1.26 bits per heavy atom. The van der Waals surface area contributed by atoms with Gasteiger partial charge < -0.3 is 9.47 Å². The summed E-state index contributed by atoms with van der Waals surface area (Å²) in [6.45, 7) is 0. The maximum Gasteiger partial charge on any atom is 0.361 e. The average molecular weight is 309 g/mol. The third-order valence-corrected chi connectivity index (χ3v) is 3.43. The maximum absolute atomic E-state index is 11.6. The zero-order valence-corrected chi connectivity index (χ0v) is 12.7. The van der Waals surface area contributed by atoms with Crippen molar-refractivity contribution in [3.63, 3.8) is 0 Å². The largest absolute Gasteiger partial charge is 0.497 e. The first-order valence-electron chi connectivity index (χ1n) is 6.97. The quantitative estimate of drug-likeness (QED) is 0.801. The van der Waals surface area contributed by atoms with Crippen LogP contribution in [0.2, 0.25) is 0 Å². The molecule has 2 aromatic carbocycles. The molecule has 0 bridgehead atoms. The predicted molar refractivity (Wildman–Crippen MR) is 86.6 cm³/mol. The SMILES string of the molecule is COc1ccc(-c2n[nH]c(=O)nc2-c2ccc(OC)cc2)cc1. The lowest BCUT2D eigenvalue weighted by molar-refractivity contribution is 0.414. The molecule has 1 heterocycles. The minimum absolute atomic E-state index is 0.493. The van der Waals surface area contributed by atoms with E-state index in [0.717, 1.165) is 22.6 Å². The number of methoxy groups -OCH3 is 2. The van der Waals surface area contributed by atoms with E-state index in [9.17, 15) is 4.79 Å². The number of benzene rings is 2. The second-order valence-corrected chi connectivity index (χ2v) is 4.79. The van der Waals surface area contributed by atoms with Gasteiger partial charge in [-0.2, -0.15) is 10.1 Å². The number of hydrogen-bond acceptors (Lipinski definition) is 5. The van der Waals surface area contributed by atoms with Crippen LogP contribution in [0.4, 0.5) is 0 Å². The number of nitrogens with one attached hydrogen (secondary N) is 1. The van der Waals surface area contributed by atoms with E-state index >= 15 is 0 Å². The first kappa shape index (κ1) is 14.8. The fourth-order valence-electron chi connectivity index (χ4n) is 2.24. The van der Waals surface area contributed by atoms with Gasteiger partial charge in [0, 0.05) is 11.1 Å². The van der Waals surface area contributed by atoms with Gasteiger partial charge in [0.2, 0.25) is 0 Å². The third kappa shape index (κ3) is 3.06. The van der Waals surface area contributed by atoms with Crippen molar-refractivity contribution in [1.82, 2.24) is 15.2 Å². The molecule has 0 radical (unpaired) electrons. The first-order valence-corrected chi connectivity index (χ1v) is 6.97. The highest BCUT2D eigenvalue weighted by Gasteiger charge is 2.12. The van der Waals surface area contributed by atoms with Gasteiger partial charge >= 0.3 is 5.69 Å². The molecule has 0 aliphatic carbocycles. The Labute approximate surface area is 132 Å². The standard InChI is InChI=1S/C17H15N3O3/c1-22-13-7-3-11(4-8-13)15-16(19-20-17(21)18-15)12-5-9-14(23-2)10-6-12/h3-10H,1-2H3,(H,18,20,21). The molecule has 6 nitrogen and oxygen atoms in total. The van der Waals surface area contributed by atoms with E-state index in [4.69, 9.17) is 9.47 Å². The van der Waals surface area contributed by atoms with Crippen LogP contribution in [0.3, 0.4) is 0 Å². The van der Waals surface area contributed by atoms with Gasteiger partial charge in [0.25, 0.3) is 0 Å². The highest BCUT2D eigenvalue weighted by Crippen LogP contribution is 2.29. The fourth-order valence-corrected chi connectivity index (χ4v) is 2.24. The summed E-state index contributed by atoms with van der Waals surface area (Å²) in [4.78, 5) is 15.7. The van der Waals surface area contributed by atoms with Gasteiger partial charge in [0.05, 0.1) is 14.2 Å². The second-order valence-electron chi connectivity index (χ2n) is 4.79. The van der Waals surface area contributed by atoms with Gasteiger partial charge in [-0.1, -0.05) is 0 Å². The van der Waals surface area contributed by atoms with Crippen molar-refractivity contribution in [3.05, 3.63) is 59.0 Å². The molecule has 6 heteroatoms. The summed E-state index contributed by atoms with van der Waals surface area (Å²) in [6.07, 6.45) is 0. The molecule has 3 rings (SSSR count). The number of nitrogens with zero attached hydrogens (tertiary/aromatic N) is 2. The highest BCUT2D eigenvalue weighted by molar-refractivity contribution is 5.77. The molecule has 116 valence electrons. The van der Waals surface area contributed by atoms with Gasteiger partial charge in [0.1, 0.15) is 22.9 Å². The zero-order chi connectivity index (χ0) is 16.2. The molecule has 0 atom stereocenters. The molecule has 0 saturated carbocycles. The van der Waals surface area contributed by atoms with Crippen LogP contribution in [0.15, 0.2) is 53.3 Å². The molecule has 0 saturated heterocycles. The molecular formula is C17H15N3O3. The second kappa shape index (κ2) is 6.31. The van der Waals surface area contributed by atoms with Gasteiger partial charge in [-0.25, -0.2) is 9.89 Å². The zero-order valence-electron chi connectivity index (χ0n) is 12.7. The van der Waals surface area contributed by atoms with E-state index in [-0.39, 0.29) is 0 Å². The molecule has 0 aliphatic heterocycles. The molecule has 1 N–H and O–H groups in total. The summed E-state index contributed by atoms with van der Waals surface area (Å²) in [5.41, 5.74) is 2.24.